The first-order valence-electron chi connectivity index (χ1n) is 9.16. The number of hydrogen-bond acceptors (Lipinski definition) is 4. The van der Waals surface area contributed by atoms with E-state index in [1.54, 1.807) is 29.0 Å². The summed E-state index contributed by atoms with van der Waals surface area (Å²) in [6.07, 6.45) is 0.0787. The summed E-state index contributed by atoms with van der Waals surface area (Å²) < 4.78 is 29.1. The highest BCUT2D eigenvalue weighted by Crippen LogP contribution is 2.17. The van der Waals surface area contributed by atoms with E-state index in [1.165, 1.54) is 12.1 Å². The Hall–Kier alpha value is -3.00. The molecule has 0 bridgehead atoms. The summed E-state index contributed by atoms with van der Waals surface area (Å²) in [7, 11) is 1.76. The quantitative estimate of drug-likeness (QED) is 0.624. The molecule has 0 aliphatic rings. The van der Waals surface area contributed by atoms with Gasteiger partial charge in [0.15, 0.2) is 0 Å². The first kappa shape index (κ1) is 22.3. The van der Waals surface area contributed by atoms with Crippen molar-refractivity contribution < 1.29 is 23.1 Å². The van der Waals surface area contributed by atoms with Crippen molar-refractivity contribution in [3.05, 3.63) is 65.7 Å². The van der Waals surface area contributed by atoms with Crippen molar-refractivity contribution in [1.29, 1.82) is 0 Å². The van der Waals surface area contributed by atoms with Crippen LogP contribution in [0.4, 0.5) is 8.78 Å². The standard InChI is InChI=1S/C21H25F2N3O3/c1-25(13-17-8-5-9-18(12-17)29-21(22)23)15-20(28)26(11-10-19(24)27)14-16-6-3-2-4-7-16/h2-9,12,21H,10-11,13-15H2,1H3,(H2,24,27). The van der Waals surface area contributed by atoms with Gasteiger partial charge < -0.3 is 15.4 Å². The zero-order valence-corrected chi connectivity index (χ0v) is 16.3. The van der Waals surface area contributed by atoms with Gasteiger partial charge in [-0.1, -0.05) is 42.5 Å². The lowest BCUT2D eigenvalue weighted by Gasteiger charge is -2.25. The van der Waals surface area contributed by atoms with Crippen LogP contribution < -0.4 is 10.5 Å². The molecule has 0 aromatic heterocycles. The van der Waals surface area contributed by atoms with Crippen molar-refractivity contribution in [2.75, 3.05) is 20.1 Å². The van der Waals surface area contributed by atoms with E-state index in [4.69, 9.17) is 5.73 Å². The van der Waals surface area contributed by atoms with Gasteiger partial charge in [0.05, 0.1) is 6.54 Å². The Kier molecular flexibility index (Phi) is 8.54. The fraction of sp³-hybridized carbons (Fsp3) is 0.333. The van der Waals surface area contributed by atoms with E-state index in [0.29, 0.717) is 13.1 Å². The van der Waals surface area contributed by atoms with E-state index in [2.05, 4.69) is 4.74 Å². The average molecular weight is 405 g/mol. The third-order valence-electron chi connectivity index (χ3n) is 4.18. The number of primary amides is 1. The lowest BCUT2D eigenvalue weighted by molar-refractivity contribution is -0.133. The van der Waals surface area contributed by atoms with E-state index in [-0.39, 0.29) is 31.2 Å². The SMILES string of the molecule is CN(CC(=O)N(CCC(N)=O)Cc1ccccc1)Cc1cccc(OC(F)F)c1. The van der Waals surface area contributed by atoms with Gasteiger partial charge in [0, 0.05) is 26.1 Å². The Morgan fingerprint density at radius 3 is 2.38 bits per heavy atom. The van der Waals surface area contributed by atoms with Gasteiger partial charge in [0.25, 0.3) is 0 Å². The van der Waals surface area contributed by atoms with Crippen molar-refractivity contribution in [3.63, 3.8) is 0 Å². The zero-order valence-electron chi connectivity index (χ0n) is 16.3. The van der Waals surface area contributed by atoms with Crippen LogP contribution in [0, 0.1) is 0 Å². The van der Waals surface area contributed by atoms with Crippen molar-refractivity contribution in [3.8, 4) is 5.75 Å². The van der Waals surface area contributed by atoms with E-state index < -0.39 is 12.5 Å². The van der Waals surface area contributed by atoms with Gasteiger partial charge in [-0.25, -0.2) is 0 Å². The highest BCUT2D eigenvalue weighted by atomic mass is 19.3. The van der Waals surface area contributed by atoms with E-state index in [1.807, 2.05) is 30.3 Å². The number of carbonyl (C=O) groups is 2. The minimum absolute atomic E-state index is 0.0735. The van der Waals surface area contributed by atoms with Gasteiger partial charge in [-0.15, -0.1) is 0 Å². The summed E-state index contributed by atoms with van der Waals surface area (Å²) in [6, 6.07) is 15.8. The Morgan fingerprint density at radius 1 is 1.03 bits per heavy atom. The topological polar surface area (TPSA) is 75.9 Å². The second-order valence-electron chi connectivity index (χ2n) is 6.72. The number of amides is 2. The van der Waals surface area contributed by atoms with Gasteiger partial charge in [0.2, 0.25) is 11.8 Å². The molecule has 156 valence electrons. The molecule has 0 aliphatic carbocycles. The average Bonchev–Trinajstić information content (AvgIpc) is 2.65. The van der Waals surface area contributed by atoms with Crippen molar-refractivity contribution in [1.82, 2.24) is 9.80 Å². The summed E-state index contributed by atoms with van der Waals surface area (Å²) in [4.78, 5) is 27.3. The monoisotopic (exact) mass is 405 g/mol. The highest BCUT2D eigenvalue weighted by molar-refractivity contribution is 5.79. The van der Waals surface area contributed by atoms with Gasteiger partial charge in [0.1, 0.15) is 5.75 Å². The molecule has 8 heteroatoms. The maximum Gasteiger partial charge on any atom is 0.387 e. The highest BCUT2D eigenvalue weighted by Gasteiger charge is 2.17. The van der Waals surface area contributed by atoms with Gasteiger partial charge in [-0.05, 0) is 30.3 Å². The summed E-state index contributed by atoms with van der Waals surface area (Å²) in [5.41, 5.74) is 6.92. The fourth-order valence-electron chi connectivity index (χ4n) is 2.86. The van der Waals surface area contributed by atoms with Crippen molar-refractivity contribution in [2.24, 2.45) is 5.73 Å². The molecule has 0 atom stereocenters. The summed E-state index contributed by atoms with van der Waals surface area (Å²) in [5.74, 6) is -0.554. The second kappa shape index (κ2) is 11.1. The van der Waals surface area contributed by atoms with Crippen LogP contribution in [0.15, 0.2) is 54.6 Å². The van der Waals surface area contributed by atoms with Crippen molar-refractivity contribution >= 4 is 11.8 Å². The van der Waals surface area contributed by atoms with Gasteiger partial charge >= 0.3 is 6.61 Å². The van der Waals surface area contributed by atoms with Crippen molar-refractivity contribution in [2.45, 2.75) is 26.1 Å². The molecule has 2 amide bonds. The maximum atomic E-state index is 12.8. The number of halogens is 2. The molecule has 0 aliphatic heterocycles. The van der Waals surface area contributed by atoms with Crippen LogP contribution in [0.3, 0.4) is 0 Å². The van der Waals surface area contributed by atoms with Crippen LogP contribution in [0.1, 0.15) is 17.5 Å². The lowest BCUT2D eigenvalue weighted by Crippen LogP contribution is -2.40. The minimum atomic E-state index is -2.89. The zero-order chi connectivity index (χ0) is 21.2. The predicted molar refractivity (Wildman–Crippen MR) is 105 cm³/mol. The van der Waals surface area contributed by atoms with Crippen LogP contribution in [0.2, 0.25) is 0 Å². The first-order chi connectivity index (χ1) is 13.8. The third-order valence-corrected chi connectivity index (χ3v) is 4.18. The first-order valence-corrected chi connectivity index (χ1v) is 9.16. The third kappa shape index (κ3) is 8.27. The molecule has 6 nitrogen and oxygen atoms in total. The molecule has 29 heavy (non-hydrogen) atoms. The Morgan fingerprint density at radius 2 is 1.72 bits per heavy atom. The minimum Gasteiger partial charge on any atom is -0.435 e. The van der Waals surface area contributed by atoms with Crippen LogP contribution >= 0.6 is 0 Å². The van der Waals surface area contributed by atoms with Crippen LogP contribution in [-0.2, 0) is 22.7 Å². The fourth-order valence-corrected chi connectivity index (χ4v) is 2.86. The molecule has 2 aromatic rings. The number of alkyl halides is 2. The molecule has 0 unspecified atom stereocenters. The number of benzene rings is 2. The van der Waals surface area contributed by atoms with Crippen LogP contribution in [0.5, 0.6) is 5.75 Å². The molecule has 0 saturated carbocycles. The molecule has 0 radical (unpaired) electrons. The van der Waals surface area contributed by atoms with E-state index in [9.17, 15) is 18.4 Å². The predicted octanol–water partition coefficient (Wildman–Crippen LogP) is 2.62. The number of carbonyl (C=O) groups excluding carboxylic acids is 2. The number of hydrogen-bond donors (Lipinski definition) is 1. The number of nitrogens with two attached hydrogens (primary N) is 1. The van der Waals surface area contributed by atoms with Crippen LogP contribution in [0.25, 0.3) is 0 Å². The number of likely N-dealkylation sites (N-methyl/N-ethyl adjacent to an activating group) is 1. The molecule has 0 heterocycles. The van der Waals surface area contributed by atoms with E-state index >= 15 is 0 Å². The lowest BCUT2D eigenvalue weighted by atomic mass is 10.2. The van der Waals surface area contributed by atoms with Crippen LogP contribution in [-0.4, -0.2) is 48.4 Å². The molecular weight excluding hydrogens is 380 g/mol. The summed E-state index contributed by atoms with van der Waals surface area (Å²) in [6.45, 7) is -1.80. The number of ether oxygens (including phenoxy) is 1. The smallest absolute Gasteiger partial charge is 0.387 e. The largest absolute Gasteiger partial charge is 0.435 e. The molecule has 2 aromatic carbocycles. The molecule has 2 N–H and O–H groups in total. The Labute approximate surface area is 168 Å². The molecule has 0 saturated heterocycles. The molecule has 0 fully saturated rings. The number of rotatable bonds is 11. The summed E-state index contributed by atoms with van der Waals surface area (Å²) in [5, 5.41) is 0. The Balaban J connectivity index is 1.98. The molecular formula is C21H25F2N3O3. The normalized spacial score (nSPS) is 10.9. The molecule has 2 rings (SSSR count). The second-order valence-corrected chi connectivity index (χ2v) is 6.72. The Bertz CT molecular complexity index is 803. The molecule has 0 spiro atoms. The summed E-state index contributed by atoms with van der Waals surface area (Å²) >= 11 is 0. The van der Waals surface area contributed by atoms with E-state index in [0.717, 1.165) is 11.1 Å². The maximum absolute atomic E-state index is 12.8. The van der Waals surface area contributed by atoms with Gasteiger partial charge in [-0.3, -0.25) is 14.5 Å². The number of nitrogens with zero attached hydrogens (tertiary/aromatic N) is 2. The van der Waals surface area contributed by atoms with Gasteiger partial charge in [-0.2, -0.15) is 8.78 Å².